The van der Waals surface area contributed by atoms with Crippen molar-refractivity contribution in [3.05, 3.63) is 0 Å². The Bertz CT molecular complexity index is 244. The Morgan fingerprint density at radius 2 is 1.40 bits per heavy atom. The highest BCUT2D eigenvalue weighted by atomic mass is 16.5. The maximum absolute atomic E-state index is 6.42. The van der Waals surface area contributed by atoms with Crippen LogP contribution in [0, 0.1) is 11.8 Å². The third kappa shape index (κ3) is 5.73. The van der Waals surface area contributed by atoms with Crippen LogP contribution in [0.1, 0.15) is 85.5 Å². The van der Waals surface area contributed by atoms with Crippen LogP contribution in [0.25, 0.3) is 0 Å². The van der Waals surface area contributed by atoms with Crippen molar-refractivity contribution in [3.63, 3.8) is 0 Å². The molecule has 1 heterocycles. The highest BCUT2D eigenvalue weighted by Gasteiger charge is 2.39. The second-order valence-electron chi connectivity index (χ2n) is 6.91. The minimum Gasteiger partial charge on any atom is -0.375 e. The topological polar surface area (TPSA) is 35.2 Å². The van der Waals surface area contributed by atoms with Gasteiger partial charge in [-0.15, -0.1) is 0 Å². The maximum Gasteiger partial charge on any atom is 0.0597 e. The van der Waals surface area contributed by atoms with Gasteiger partial charge in [0.15, 0.2) is 0 Å². The number of hydrogen-bond acceptors (Lipinski definition) is 2. The molecule has 5 atom stereocenters. The summed E-state index contributed by atoms with van der Waals surface area (Å²) in [5, 5.41) is 0. The summed E-state index contributed by atoms with van der Waals surface area (Å²) in [6.07, 6.45) is 12.9. The van der Waals surface area contributed by atoms with Gasteiger partial charge in [0, 0.05) is 12.0 Å². The second kappa shape index (κ2) is 9.78. The molecule has 2 nitrogen and oxygen atoms in total. The Morgan fingerprint density at radius 3 is 1.90 bits per heavy atom. The molecule has 0 aromatic rings. The molecular weight excluding hydrogens is 246 g/mol. The molecule has 0 saturated carbocycles. The van der Waals surface area contributed by atoms with Crippen LogP contribution in [0.4, 0.5) is 0 Å². The summed E-state index contributed by atoms with van der Waals surface area (Å²) in [6, 6.07) is 0.324. The molecule has 2 heteroatoms. The fourth-order valence-electron chi connectivity index (χ4n) is 3.74. The van der Waals surface area contributed by atoms with Crippen LogP contribution in [-0.4, -0.2) is 18.2 Å². The minimum atomic E-state index is 0.324. The van der Waals surface area contributed by atoms with E-state index >= 15 is 0 Å². The van der Waals surface area contributed by atoms with Gasteiger partial charge in [-0.05, 0) is 26.2 Å². The zero-order chi connectivity index (χ0) is 15.0. The Morgan fingerprint density at radius 1 is 0.850 bits per heavy atom. The summed E-state index contributed by atoms with van der Waals surface area (Å²) >= 11 is 0. The third-order valence-corrected chi connectivity index (χ3v) is 5.20. The molecule has 1 aliphatic heterocycles. The van der Waals surface area contributed by atoms with Crippen molar-refractivity contribution in [2.24, 2.45) is 17.6 Å². The van der Waals surface area contributed by atoms with Crippen molar-refractivity contribution < 1.29 is 4.74 Å². The van der Waals surface area contributed by atoms with Gasteiger partial charge in [-0.2, -0.15) is 0 Å². The molecule has 0 radical (unpaired) electrons. The van der Waals surface area contributed by atoms with E-state index in [0.717, 1.165) is 0 Å². The Kier molecular flexibility index (Phi) is 8.79. The molecule has 0 spiro atoms. The van der Waals surface area contributed by atoms with Crippen LogP contribution in [-0.2, 0) is 4.74 Å². The summed E-state index contributed by atoms with van der Waals surface area (Å²) < 4.78 is 5.91. The first-order chi connectivity index (χ1) is 9.57. The zero-order valence-electron chi connectivity index (χ0n) is 14.2. The van der Waals surface area contributed by atoms with Crippen molar-refractivity contribution in [2.75, 3.05) is 0 Å². The lowest BCUT2D eigenvalue weighted by atomic mass is 9.82. The molecule has 1 saturated heterocycles. The van der Waals surface area contributed by atoms with Crippen molar-refractivity contribution in [1.29, 1.82) is 0 Å². The summed E-state index contributed by atoms with van der Waals surface area (Å²) in [4.78, 5) is 0. The number of ether oxygens (including phenoxy) is 1. The Balaban J connectivity index is 2.07. The van der Waals surface area contributed by atoms with Crippen molar-refractivity contribution in [2.45, 2.75) is 104 Å². The Hall–Kier alpha value is -0.0800. The first kappa shape index (κ1) is 18.0. The van der Waals surface area contributed by atoms with E-state index in [1.807, 2.05) is 0 Å². The van der Waals surface area contributed by atoms with E-state index < -0.39 is 0 Å². The van der Waals surface area contributed by atoms with E-state index in [1.54, 1.807) is 0 Å². The average molecular weight is 284 g/mol. The molecule has 20 heavy (non-hydrogen) atoms. The lowest BCUT2D eigenvalue weighted by Gasteiger charge is -2.25. The fourth-order valence-corrected chi connectivity index (χ4v) is 3.74. The molecule has 2 N–H and O–H groups in total. The van der Waals surface area contributed by atoms with Crippen molar-refractivity contribution in [3.8, 4) is 0 Å². The molecule has 1 aliphatic rings. The third-order valence-electron chi connectivity index (χ3n) is 5.20. The quantitative estimate of drug-likeness (QED) is 0.578. The molecule has 120 valence electrons. The lowest BCUT2D eigenvalue weighted by molar-refractivity contribution is 0.0486. The van der Waals surface area contributed by atoms with Gasteiger partial charge in [-0.1, -0.05) is 65.2 Å². The van der Waals surface area contributed by atoms with Gasteiger partial charge in [-0.25, -0.2) is 0 Å². The molecule has 0 amide bonds. The molecular formula is C18H37NO. The molecule has 0 aromatic carbocycles. The van der Waals surface area contributed by atoms with Gasteiger partial charge in [0.25, 0.3) is 0 Å². The average Bonchev–Trinajstić information content (AvgIpc) is 2.66. The predicted octanol–water partition coefficient (Wildman–Crippen LogP) is 4.90. The monoisotopic (exact) mass is 283 g/mol. The fraction of sp³-hybridized carbons (Fsp3) is 1.00. The van der Waals surface area contributed by atoms with Crippen LogP contribution >= 0.6 is 0 Å². The van der Waals surface area contributed by atoms with Crippen LogP contribution in [0.5, 0.6) is 0 Å². The first-order valence-electron chi connectivity index (χ1n) is 8.99. The van der Waals surface area contributed by atoms with E-state index in [0.29, 0.717) is 30.1 Å². The number of rotatable bonds is 10. The second-order valence-corrected chi connectivity index (χ2v) is 6.91. The van der Waals surface area contributed by atoms with Crippen LogP contribution in [0.3, 0.4) is 0 Å². The van der Waals surface area contributed by atoms with Gasteiger partial charge in [0.1, 0.15) is 0 Å². The van der Waals surface area contributed by atoms with Crippen molar-refractivity contribution in [1.82, 2.24) is 0 Å². The van der Waals surface area contributed by atoms with Crippen LogP contribution in [0.2, 0.25) is 0 Å². The molecule has 0 bridgehead atoms. The number of unbranched alkanes of at least 4 members (excludes halogenated alkanes) is 7. The lowest BCUT2D eigenvalue weighted by Crippen LogP contribution is -2.37. The summed E-state index contributed by atoms with van der Waals surface area (Å²) in [6.45, 7) is 8.95. The number of hydrogen-bond donors (Lipinski definition) is 1. The Labute approximate surface area is 126 Å². The van der Waals surface area contributed by atoms with E-state index in [1.165, 1.54) is 57.8 Å². The van der Waals surface area contributed by atoms with E-state index in [4.69, 9.17) is 10.5 Å². The highest BCUT2D eigenvalue weighted by Crippen LogP contribution is 2.35. The molecule has 5 unspecified atom stereocenters. The highest BCUT2D eigenvalue weighted by molar-refractivity contribution is 4.90. The molecule has 1 rings (SSSR count). The standard InChI is InChI=1S/C18H37NO/c1-5-6-7-8-9-10-11-12-13-17(19)18-14(2)15(3)20-16(18)4/h14-18H,5-13,19H2,1-4H3. The largest absolute Gasteiger partial charge is 0.375 e. The van der Waals surface area contributed by atoms with Crippen LogP contribution < -0.4 is 5.73 Å². The smallest absolute Gasteiger partial charge is 0.0597 e. The van der Waals surface area contributed by atoms with E-state index in [9.17, 15) is 0 Å². The predicted molar refractivity (Wildman–Crippen MR) is 87.9 cm³/mol. The van der Waals surface area contributed by atoms with Gasteiger partial charge in [-0.3, -0.25) is 0 Å². The molecule has 0 aromatic heterocycles. The van der Waals surface area contributed by atoms with Gasteiger partial charge in [0.2, 0.25) is 0 Å². The first-order valence-corrected chi connectivity index (χ1v) is 8.99. The van der Waals surface area contributed by atoms with Crippen LogP contribution in [0.15, 0.2) is 0 Å². The van der Waals surface area contributed by atoms with Gasteiger partial charge in [0.05, 0.1) is 12.2 Å². The van der Waals surface area contributed by atoms with Gasteiger partial charge >= 0.3 is 0 Å². The van der Waals surface area contributed by atoms with Crippen molar-refractivity contribution >= 4 is 0 Å². The summed E-state index contributed by atoms with van der Waals surface area (Å²) in [5.41, 5.74) is 6.42. The van der Waals surface area contributed by atoms with E-state index in [-0.39, 0.29) is 0 Å². The zero-order valence-corrected chi connectivity index (χ0v) is 14.2. The molecule has 1 fully saturated rings. The summed E-state index contributed by atoms with van der Waals surface area (Å²) in [7, 11) is 0. The summed E-state index contributed by atoms with van der Waals surface area (Å²) in [5.74, 6) is 1.16. The van der Waals surface area contributed by atoms with Gasteiger partial charge < -0.3 is 10.5 Å². The maximum atomic E-state index is 6.42. The number of nitrogens with two attached hydrogens (primary N) is 1. The normalized spacial score (nSPS) is 31.6. The SMILES string of the molecule is CCCCCCCCCCC(N)C1C(C)OC(C)C1C. The van der Waals surface area contributed by atoms with E-state index in [2.05, 4.69) is 27.7 Å². The molecule has 0 aliphatic carbocycles. The minimum absolute atomic E-state index is 0.324.